The number of aryl methyl sites for hydroxylation is 1. The fraction of sp³-hybridized carbons (Fsp3) is 0.571. The number of rotatable bonds is 6. The molecule has 0 radical (unpaired) electrons. The molecule has 3 rings (SSSR count). The minimum atomic E-state index is -0.237. The molecular formula is C14H18N4O2S2. The van der Waals surface area contributed by atoms with Crippen molar-refractivity contribution in [2.24, 2.45) is 0 Å². The van der Waals surface area contributed by atoms with Crippen molar-refractivity contribution in [3.05, 3.63) is 21.1 Å². The van der Waals surface area contributed by atoms with Gasteiger partial charge in [0.05, 0.1) is 0 Å². The second-order valence-corrected chi connectivity index (χ2v) is 7.08. The lowest BCUT2D eigenvalue weighted by Gasteiger charge is -2.03. The molecule has 1 atom stereocenters. The number of carbonyl (C=O) groups is 1. The summed E-state index contributed by atoms with van der Waals surface area (Å²) in [4.78, 5) is 16.6. The van der Waals surface area contributed by atoms with E-state index in [9.17, 15) is 4.79 Å². The van der Waals surface area contributed by atoms with Crippen molar-refractivity contribution in [2.45, 2.75) is 45.1 Å². The van der Waals surface area contributed by atoms with E-state index >= 15 is 0 Å². The van der Waals surface area contributed by atoms with Crippen LogP contribution in [0, 0.1) is 0 Å². The summed E-state index contributed by atoms with van der Waals surface area (Å²) in [6.45, 7) is 2.91. The highest BCUT2D eigenvalue weighted by Gasteiger charge is 2.22. The monoisotopic (exact) mass is 338 g/mol. The fourth-order valence-electron chi connectivity index (χ4n) is 2.21. The molecule has 1 fully saturated rings. The van der Waals surface area contributed by atoms with Crippen molar-refractivity contribution in [2.75, 3.05) is 11.9 Å². The number of hydrogen-bond donors (Lipinski definition) is 1. The van der Waals surface area contributed by atoms with Gasteiger partial charge in [0.2, 0.25) is 5.13 Å². The summed E-state index contributed by atoms with van der Waals surface area (Å²) in [6, 6.07) is 0. The molecule has 1 saturated heterocycles. The average Bonchev–Trinajstić information content (AvgIpc) is 3.25. The molecule has 0 aliphatic carbocycles. The number of hydrogen-bond acceptors (Lipinski definition) is 7. The smallest absolute Gasteiger partial charge is 0.276 e. The van der Waals surface area contributed by atoms with Crippen LogP contribution in [0.25, 0.3) is 0 Å². The first-order valence-electron chi connectivity index (χ1n) is 7.47. The number of carbonyl (C=O) groups excluding carboxylic acids is 1. The van der Waals surface area contributed by atoms with Crippen molar-refractivity contribution < 1.29 is 9.53 Å². The van der Waals surface area contributed by atoms with Gasteiger partial charge in [-0.2, -0.15) is 0 Å². The normalized spacial score (nSPS) is 17.8. The first-order chi connectivity index (χ1) is 10.8. The van der Waals surface area contributed by atoms with E-state index in [1.54, 1.807) is 5.38 Å². The SMILES string of the molecule is CCCCc1nnc(NC(=O)c2csc(C3CCCO3)n2)s1. The number of anilines is 1. The molecule has 0 aromatic carbocycles. The van der Waals surface area contributed by atoms with Gasteiger partial charge in [0.15, 0.2) is 0 Å². The van der Waals surface area contributed by atoms with Gasteiger partial charge in [-0.25, -0.2) is 4.98 Å². The van der Waals surface area contributed by atoms with Gasteiger partial charge in [-0.1, -0.05) is 24.7 Å². The lowest BCUT2D eigenvalue weighted by Crippen LogP contribution is -2.12. The van der Waals surface area contributed by atoms with Crippen molar-refractivity contribution >= 4 is 33.7 Å². The van der Waals surface area contributed by atoms with Crippen molar-refractivity contribution in [3.8, 4) is 0 Å². The summed E-state index contributed by atoms with van der Waals surface area (Å²) in [5.74, 6) is -0.237. The summed E-state index contributed by atoms with van der Waals surface area (Å²) in [7, 11) is 0. The number of unbranched alkanes of at least 4 members (excludes halogenated alkanes) is 1. The van der Waals surface area contributed by atoms with Gasteiger partial charge in [0.25, 0.3) is 5.91 Å². The Morgan fingerprint density at radius 1 is 1.50 bits per heavy atom. The summed E-state index contributed by atoms with van der Waals surface area (Å²) in [5.41, 5.74) is 0.417. The van der Waals surface area contributed by atoms with Crippen LogP contribution in [0.5, 0.6) is 0 Å². The van der Waals surface area contributed by atoms with E-state index in [0.29, 0.717) is 10.8 Å². The highest BCUT2D eigenvalue weighted by molar-refractivity contribution is 7.15. The Morgan fingerprint density at radius 3 is 3.18 bits per heavy atom. The molecule has 2 aromatic rings. The van der Waals surface area contributed by atoms with Crippen molar-refractivity contribution in [1.29, 1.82) is 0 Å². The molecule has 6 nitrogen and oxygen atoms in total. The van der Waals surface area contributed by atoms with Crippen LogP contribution in [-0.4, -0.2) is 27.7 Å². The van der Waals surface area contributed by atoms with Crippen molar-refractivity contribution in [1.82, 2.24) is 15.2 Å². The number of aromatic nitrogens is 3. The Balaban J connectivity index is 1.60. The Labute approximate surface area is 137 Å². The topological polar surface area (TPSA) is 77.0 Å². The molecule has 2 aromatic heterocycles. The fourth-order valence-corrected chi connectivity index (χ4v) is 3.86. The predicted octanol–water partition coefficient (Wildman–Crippen LogP) is 3.44. The maximum atomic E-state index is 12.2. The van der Waals surface area contributed by atoms with Gasteiger partial charge in [-0.3, -0.25) is 10.1 Å². The number of nitrogens with zero attached hydrogens (tertiary/aromatic N) is 3. The Morgan fingerprint density at radius 2 is 2.41 bits per heavy atom. The van der Waals surface area contributed by atoms with E-state index in [1.807, 2.05) is 0 Å². The molecule has 1 aliphatic rings. The predicted molar refractivity (Wildman–Crippen MR) is 86.5 cm³/mol. The number of amides is 1. The summed E-state index contributed by atoms with van der Waals surface area (Å²) in [6.07, 6.45) is 5.19. The van der Waals surface area contributed by atoms with Gasteiger partial charge >= 0.3 is 0 Å². The zero-order valence-corrected chi connectivity index (χ0v) is 14.0. The molecule has 118 valence electrons. The Hall–Kier alpha value is -1.38. The third kappa shape index (κ3) is 3.68. The maximum absolute atomic E-state index is 12.2. The molecule has 8 heteroatoms. The van der Waals surface area contributed by atoms with Gasteiger partial charge in [-0.15, -0.1) is 21.5 Å². The zero-order valence-electron chi connectivity index (χ0n) is 12.4. The first-order valence-corrected chi connectivity index (χ1v) is 9.16. The molecule has 3 heterocycles. The number of thiazole rings is 1. The maximum Gasteiger partial charge on any atom is 0.276 e. The standard InChI is InChI=1S/C14H18N4O2S2/c1-2-3-6-11-17-18-14(22-11)16-12(19)9-8-21-13(15-9)10-5-4-7-20-10/h8,10H,2-7H2,1H3,(H,16,18,19). The Kier molecular flexibility index (Phi) is 5.12. The van der Waals surface area contributed by atoms with Crippen LogP contribution < -0.4 is 5.32 Å². The van der Waals surface area contributed by atoms with E-state index in [1.165, 1.54) is 22.7 Å². The van der Waals surface area contributed by atoms with Crippen molar-refractivity contribution in [3.63, 3.8) is 0 Å². The van der Waals surface area contributed by atoms with Crippen LogP contribution in [0.2, 0.25) is 0 Å². The highest BCUT2D eigenvalue weighted by Crippen LogP contribution is 2.30. The zero-order chi connectivity index (χ0) is 15.4. The van der Waals surface area contributed by atoms with Gasteiger partial charge in [-0.05, 0) is 19.3 Å². The summed E-state index contributed by atoms with van der Waals surface area (Å²) in [5, 5.41) is 15.0. The first kappa shape index (κ1) is 15.5. The Bertz CT molecular complexity index is 634. The van der Waals surface area contributed by atoms with Gasteiger partial charge < -0.3 is 4.74 Å². The van der Waals surface area contributed by atoms with E-state index in [2.05, 4.69) is 27.4 Å². The second kappa shape index (κ2) is 7.26. The average molecular weight is 338 g/mol. The highest BCUT2D eigenvalue weighted by atomic mass is 32.1. The lowest BCUT2D eigenvalue weighted by molar-refractivity contribution is 0.101. The van der Waals surface area contributed by atoms with E-state index in [-0.39, 0.29) is 12.0 Å². The van der Waals surface area contributed by atoms with Crippen LogP contribution >= 0.6 is 22.7 Å². The molecule has 0 bridgehead atoms. The molecule has 1 N–H and O–H groups in total. The molecule has 22 heavy (non-hydrogen) atoms. The number of nitrogens with one attached hydrogen (secondary N) is 1. The molecule has 1 aliphatic heterocycles. The minimum absolute atomic E-state index is 0.0497. The molecule has 0 spiro atoms. The van der Waals surface area contributed by atoms with Crippen LogP contribution in [0.4, 0.5) is 5.13 Å². The molecule has 1 unspecified atom stereocenters. The van der Waals surface area contributed by atoms with Crippen LogP contribution in [0.3, 0.4) is 0 Å². The molecule has 0 saturated carbocycles. The molecular weight excluding hydrogens is 320 g/mol. The van der Waals surface area contributed by atoms with Crippen LogP contribution in [0.15, 0.2) is 5.38 Å². The van der Waals surface area contributed by atoms with Gasteiger partial charge in [0.1, 0.15) is 21.8 Å². The van der Waals surface area contributed by atoms with E-state index in [0.717, 1.165) is 48.7 Å². The summed E-state index contributed by atoms with van der Waals surface area (Å²) < 4.78 is 5.59. The largest absolute Gasteiger partial charge is 0.371 e. The van der Waals surface area contributed by atoms with Crippen LogP contribution in [-0.2, 0) is 11.2 Å². The number of ether oxygens (including phenoxy) is 1. The third-order valence-corrected chi connectivity index (χ3v) is 5.23. The van der Waals surface area contributed by atoms with E-state index in [4.69, 9.17) is 4.74 Å². The van der Waals surface area contributed by atoms with E-state index < -0.39 is 0 Å². The summed E-state index contributed by atoms with van der Waals surface area (Å²) >= 11 is 2.90. The second-order valence-electron chi connectivity index (χ2n) is 5.13. The minimum Gasteiger partial charge on any atom is -0.371 e. The quantitative estimate of drug-likeness (QED) is 0.873. The van der Waals surface area contributed by atoms with Crippen LogP contribution in [0.1, 0.15) is 59.2 Å². The van der Waals surface area contributed by atoms with Gasteiger partial charge in [0, 0.05) is 18.4 Å². The third-order valence-electron chi connectivity index (χ3n) is 3.39. The lowest BCUT2D eigenvalue weighted by atomic mass is 10.2. The molecule has 1 amide bonds.